The van der Waals surface area contributed by atoms with E-state index < -0.39 is 0 Å². The first-order valence-corrected chi connectivity index (χ1v) is 8.03. The molecule has 6 nitrogen and oxygen atoms in total. The van der Waals surface area contributed by atoms with Crippen LogP contribution >= 0.6 is 0 Å². The zero-order chi connectivity index (χ0) is 16.1. The number of halogens is 1. The van der Waals surface area contributed by atoms with Crippen LogP contribution in [-0.4, -0.2) is 19.7 Å². The van der Waals surface area contributed by atoms with Crippen LogP contribution in [-0.2, 0) is 17.9 Å². The molecule has 24 heavy (non-hydrogen) atoms. The van der Waals surface area contributed by atoms with Crippen molar-refractivity contribution >= 4 is 0 Å². The molecule has 2 aromatic heterocycles. The third kappa shape index (κ3) is 2.32. The zero-order valence-electron chi connectivity index (χ0n) is 12.9. The number of hydrogen-bond donors (Lipinski definition) is 0. The number of nitrogens with zero attached hydrogens (tertiary/aromatic N) is 4. The predicted octanol–water partition coefficient (Wildman–Crippen LogP) is 3.22. The summed E-state index contributed by atoms with van der Waals surface area (Å²) >= 11 is 0. The molecule has 0 radical (unpaired) electrons. The van der Waals surface area contributed by atoms with Crippen LogP contribution < -0.4 is 0 Å². The highest BCUT2D eigenvalue weighted by atomic mass is 19.1. The third-order valence-corrected chi connectivity index (χ3v) is 4.56. The molecule has 1 unspecified atom stereocenters. The highest BCUT2D eigenvalue weighted by molar-refractivity contribution is 5.51. The van der Waals surface area contributed by atoms with Crippen LogP contribution in [0.4, 0.5) is 4.39 Å². The van der Waals surface area contributed by atoms with Crippen molar-refractivity contribution < 1.29 is 13.7 Å². The summed E-state index contributed by atoms with van der Waals surface area (Å²) < 4.78 is 26.4. The van der Waals surface area contributed by atoms with Crippen LogP contribution in [0.25, 0.3) is 11.6 Å². The van der Waals surface area contributed by atoms with Crippen molar-refractivity contribution in [3.63, 3.8) is 0 Å². The van der Waals surface area contributed by atoms with E-state index in [1.54, 1.807) is 18.5 Å². The molecule has 0 amide bonds. The number of aromatic nitrogens is 4. The molecule has 5 rings (SSSR count). The maximum atomic E-state index is 13.1. The molecule has 2 aliphatic rings. The third-order valence-electron chi connectivity index (χ3n) is 4.56. The summed E-state index contributed by atoms with van der Waals surface area (Å²) in [7, 11) is 0. The SMILES string of the molecule is Fc1ccc(C2Cn3cnc(-c4nc(C5CC5)no4)c3CO2)cc1. The van der Waals surface area contributed by atoms with Gasteiger partial charge in [-0.2, -0.15) is 4.98 Å². The first-order valence-electron chi connectivity index (χ1n) is 8.03. The van der Waals surface area contributed by atoms with Gasteiger partial charge in [0.2, 0.25) is 0 Å². The Labute approximate surface area is 137 Å². The topological polar surface area (TPSA) is 66.0 Å². The Morgan fingerprint density at radius 3 is 2.79 bits per heavy atom. The number of imidazole rings is 1. The van der Waals surface area contributed by atoms with Gasteiger partial charge in [0.15, 0.2) is 11.5 Å². The maximum Gasteiger partial charge on any atom is 0.278 e. The quantitative estimate of drug-likeness (QED) is 0.739. The zero-order valence-corrected chi connectivity index (χ0v) is 12.9. The standard InChI is InChI=1S/C17H15FN4O2/c18-12-5-3-10(4-6-12)14-7-22-9-19-15(13(22)8-23-14)17-20-16(21-24-17)11-1-2-11/h3-6,9,11,14H,1-2,7-8H2. The number of fused-ring (bicyclic) bond motifs is 1. The molecule has 122 valence electrons. The van der Waals surface area contributed by atoms with Gasteiger partial charge in [-0.3, -0.25) is 0 Å². The highest BCUT2D eigenvalue weighted by Gasteiger charge is 2.31. The largest absolute Gasteiger partial charge is 0.365 e. The fourth-order valence-electron chi connectivity index (χ4n) is 3.02. The van der Waals surface area contributed by atoms with E-state index in [9.17, 15) is 4.39 Å². The van der Waals surface area contributed by atoms with Crippen LogP contribution in [0.2, 0.25) is 0 Å². The summed E-state index contributed by atoms with van der Waals surface area (Å²) in [5.74, 6) is 1.42. The summed E-state index contributed by atoms with van der Waals surface area (Å²) in [6.45, 7) is 1.02. The van der Waals surface area contributed by atoms with E-state index in [2.05, 4.69) is 15.1 Å². The van der Waals surface area contributed by atoms with Crippen LogP contribution in [0, 0.1) is 5.82 Å². The van der Waals surface area contributed by atoms with Crippen molar-refractivity contribution in [3.05, 3.63) is 53.5 Å². The number of hydrogen-bond acceptors (Lipinski definition) is 5. The van der Waals surface area contributed by atoms with Gasteiger partial charge in [0.25, 0.3) is 5.89 Å². The van der Waals surface area contributed by atoms with Gasteiger partial charge < -0.3 is 13.8 Å². The summed E-state index contributed by atoms with van der Waals surface area (Å²) in [6.07, 6.45) is 3.90. The van der Waals surface area contributed by atoms with Gasteiger partial charge in [0.05, 0.1) is 25.2 Å². The fraction of sp³-hybridized carbons (Fsp3) is 0.353. The Morgan fingerprint density at radius 1 is 1.17 bits per heavy atom. The molecule has 0 bridgehead atoms. The molecular weight excluding hydrogens is 311 g/mol. The van der Waals surface area contributed by atoms with E-state index in [1.807, 2.05) is 4.57 Å². The molecule has 1 saturated carbocycles. The molecule has 0 saturated heterocycles. The van der Waals surface area contributed by atoms with Gasteiger partial charge in [0, 0.05) is 5.92 Å². The molecule has 0 N–H and O–H groups in total. The van der Waals surface area contributed by atoms with E-state index in [0.717, 1.165) is 29.9 Å². The Morgan fingerprint density at radius 2 is 2.00 bits per heavy atom. The van der Waals surface area contributed by atoms with Crippen molar-refractivity contribution in [2.45, 2.75) is 38.0 Å². The van der Waals surface area contributed by atoms with Crippen molar-refractivity contribution in [2.24, 2.45) is 0 Å². The minimum atomic E-state index is -0.247. The molecule has 0 spiro atoms. The summed E-state index contributed by atoms with van der Waals surface area (Å²) in [6, 6.07) is 6.41. The second kappa shape index (κ2) is 5.24. The number of rotatable bonds is 3. The summed E-state index contributed by atoms with van der Waals surface area (Å²) in [5, 5.41) is 4.04. The lowest BCUT2D eigenvalue weighted by molar-refractivity contribution is 0.00327. The first kappa shape index (κ1) is 13.9. The van der Waals surface area contributed by atoms with E-state index in [1.165, 1.54) is 12.1 Å². The molecular formula is C17H15FN4O2. The molecule has 1 aliphatic heterocycles. The molecule has 3 heterocycles. The normalized spacial score (nSPS) is 20.1. The van der Waals surface area contributed by atoms with Gasteiger partial charge in [-0.15, -0.1) is 0 Å². The van der Waals surface area contributed by atoms with Crippen LogP contribution in [0.3, 0.4) is 0 Å². The molecule has 1 aliphatic carbocycles. The van der Waals surface area contributed by atoms with Crippen molar-refractivity contribution in [2.75, 3.05) is 0 Å². The molecule has 3 aromatic rings. The lowest BCUT2D eigenvalue weighted by Crippen LogP contribution is -2.20. The minimum absolute atomic E-state index is 0.120. The fourth-order valence-corrected chi connectivity index (χ4v) is 3.02. The van der Waals surface area contributed by atoms with Gasteiger partial charge >= 0.3 is 0 Å². The molecule has 1 fully saturated rings. The van der Waals surface area contributed by atoms with Crippen molar-refractivity contribution in [1.82, 2.24) is 19.7 Å². The van der Waals surface area contributed by atoms with Crippen LogP contribution in [0.15, 0.2) is 35.1 Å². The van der Waals surface area contributed by atoms with Gasteiger partial charge in [-0.25, -0.2) is 9.37 Å². The van der Waals surface area contributed by atoms with Crippen molar-refractivity contribution in [3.8, 4) is 11.6 Å². The Hall–Kier alpha value is -2.54. The Balaban J connectivity index is 1.41. The Kier molecular flexibility index (Phi) is 3.02. The van der Waals surface area contributed by atoms with Crippen molar-refractivity contribution in [1.29, 1.82) is 0 Å². The molecule has 1 atom stereocenters. The number of ether oxygens (including phenoxy) is 1. The number of benzene rings is 1. The lowest BCUT2D eigenvalue weighted by atomic mass is 10.1. The van der Waals surface area contributed by atoms with E-state index in [0.29, 0.717) is 30.7 Å². The average Bonchev–Trinajstić information content (AvgIpc) is 3.19. The molecule has 7 heteroatoms. The first-order chi connectivity index (χ1) is 11.8. The van der Waals surface area contributed by atoms with E-state index in [-0.39, 0.29) is 11.9 Å². The van der Waals surface area contributed by atoms with E-state index >= 15 is 0 Å². The summed E-state index contributed by atoms with van der Waals surface area (Å²) in [5.41, 5.74) is 2.57. The highest BCUT2D eigenvalue weighted by Crippen LogP contribution is 2.39. The monoisotopic (exact) mass is 326 g/mol. The van der Waals surface area contributed by atoms with Gasteiger partial charge in [-0.1, -0.05) is 17.3 Å². The van der Waals surface area contributed by atoms with Gasteiger partial charge in [0.1, 0.15) is 11.9 Å². The minimum Gasteiger partial charge on any atom is -0.365 e. The van der Waals surface area contributed by atoms with Gasteiger partial charge in [-0.05, 0) is 30.5 Å². The van der Waals surface area contributed by atoms with Crippen LogP contribution in [0.5, 0.6) is 0 Å². The second-order valence-electron chi connectivity index (χ2n) is 6.28. The lowest BCUT2D eigenvalue weighted by Gasteiger charge is -2.25. The second-order valence-corrected chi connectivity index (χ2v) is 6.28. The molecule has 1 aromatic carbocycles. The predicted molar refractivity (Wildman–Crippen MR) is 81.4 cm³/mol. The smallest absolute Gasteiger partial charge is 0.278 e. The van der Waals surface area contributed by atoms with E-state index in [4.69, 9.17) is 9.26 Å². The van der Waals surface area contributed by atoms with Crippen LogP contribution in [0.1, 0.15) is 41.9 Å². The summed E-state index contributed by atoms with van der Waals surface area (Å²) in [4.78, 5) is 8.89. The Bertz CT molecular complexity index is 882. The maximum absolute atomic E-state index is 13.1. The average molecular weight is 326 g/mol.